The van der Waals surface area contributed by atoms with E-state index in [2.05, 4.69) is 46.0 Å². The number of fused-ring (bicyclic) bond motifs is 1. The molecule has 0 fully saturated rings. The Morgan fingerprint density at radius 2 is 1.50 bits per heavy atom. The lowest BCUT2D eigenvalue weighted by Crippen LogP contribution is -2.41. The number of thiophene rings is 1. The van der Waals surface area contributed by atoms with E-state index < -0.39 is 0 Å². The summed E-state index contributed by atoms with van der Waals surface area (Å²) in [7, 11) is 0. The minimum atomic E-state index is -0.290. The minimum Gasteiger partial charge on any atom is -0.426 e. The number of amides is 2. The van der Waals surface area contributed by atoms with Crippen LogP contribution < -0.4 is 15.4 Å². The van der Waals surface area contributed by atoms with Crippen LogP contribution in [0.4, 0.5) is 0 Å². The number of rotatable bonds is 24. The average Bonchev–Trinajstić information content (AvgIpc) is 3.57. The van der Waals surface area contributed by atoms with Crippen molar-refractivity contribution in [1.82, 2.24) is 15.5 Å². The van der Waals surface area contributed by atoms with E-state index in [1.54, 1.807) is 0 Å². The van der Waals surface area contributed by atoms with Gasteiger partial charge in [0.1, 0.15) is 5.75 Å². The molecule has 1 aromatic heterocycles. The molecular formula is C38H59N3O4S. The predicted molar refractivity (Wildman–Crippen MR) is 189 cm³/mol. The lowest BCUT2D eigenvalue weighted by atomic mass is 9.86. The highest BCUT2D eigenvalue weighted by Gasteiger charge is 2.26. The van der Waals surface area contributed by atoms with Gasteiger partial charge in [0, 0.05) is 43.4 Å². The van der Waals surface area contributed by atoms with E-state index in [0.717, 1.165) is 77.3 Å². The van der Waals surface area contributed by atoms with Crippen LogP contribution in [-0.4, -0.2) is 54.9 Å². The molecule has 0 aliphatic heterocycles. The minimum absolute atomic E-state index is 0.0132. The quantitative estimate of drug-likeness (QED) is 0.0686. The average molecular weight is 654 g/mol. The molecule has 3 rings (SSSR count). The van der Waals surface area contributed by atoms with Crippen LogP contribution in [0.25, 0.3) is 0 Å². The standard InChI is InChI=1S/C38H59N3O4S/c1-3-27-41(28-25-33-18-16-29-46-33)32-22-23-34-31(30-32)17-15-19-35(34)45-38(44)24-26-40-37(43)21-14-12-10-8-6-5-7-9-11-13-20-36(42)39-4-2/h15-19,29,32H,3-14,20-28,30H2,1-2H3,(H,39,42)(H,40,43)/t32-/m0/s1. The molecule has 8 heteroatoms. The Labute approximate surface area is 282 Å². The second kappa shape index (κ2) is 22.8. The molecule has 0 saturated heterocycles. The number of carbonyl (C=O) groups excluding carboxylic acids is 3. The molecule has 7 nitrogen and oxygen atoms in total. The van der Waals surface area contributed by atoms with Gasteiger partial charge in [0.15, 0.2) is 0 Å². The monoisotopic (exact) mass is 653 g/mol. The SMILES string of the molecule is CCCN(CCc1cccs1)[C@H]1CCc2c(cccc2OC(=O)CCNC(=O)CCCCCCCCCCCCC(=O)NCC)C1. The second-order valence-electron chi connectivity index (χ2n) is 12.7. The Kier molecular flexibility index (Phi) is 18.7. The summed E-state index contributed by atoms with van der Waals surface area (Å²) < 4.78 is 5.81. The first-order valence-electron chi connectivity index (χ1n) is 18.1. The van der Waals surface area contributed by atoms with Crippen molar-refractivity contribution in [3.05, 3.63) is 51.7 Å². The number of hydrogen-bond donors (Lipinski definition) is 2. The fourth-order valence-corrected chi connectivity index (χ4v) is 7.17. The predicted octanol–water partition coefficient (Wildman–Crippen LogP) is 7.79. The number of nitrogens with one attached hydrogen (secondary N) is 2. The van der Waals surface area contributed by atoms with E-state index >= 15 is 0 Å². The first-order chi connectivity index (χ1) is 22.5. The maximum absolute atomic E-state index is 12.6. The van der Waals surface area contributed by atoms with Crippen LogP contribution in [0.1, 0.15) is 126 Å². The molecule has 0 saturated carbocycles. The summed E-state index contributed by atoms with van der Waals surface area (Å²) in [5.74, 6) is 0.577. The van der Waals surface area contributed by atoms with Crippen LogP contribution in [0.5, 0.6) is 5.75 Å². The second-order valence-corrected chi connectivity index (χ2v) is 13.8. The van der Waals surface area contributed by atoms with Crippen molar-refractivity contribution in [2.45, 2.75) is 135 Å². The first kappa shape index (κ1) is 37.7. The molecule has 0 bridgehead atoms. The molecule has 1 aliphatic rings. The van der Waals surface area contributed by atoms with Crippen LogP contribution in [-0.2, 0) is 33.6 Å². The Hall–Kier alpha value is -2.71. The Morgan fingerprint density at radius 3 is 2.13 bits per heavy atom. The van der Waals surface area contributed by atoms with Gasteiger partial charge in [-0.1, -0.05) is 76.5 Å². The zero-order chi connectivity index (χ0) is 32.8. The van der Waals surface area contributed by atoms with Crippen molar-refractivity contribution in [2.75, 3.05) is 26.2 Å². The van der Waals surface area contributed by atoms with E-state index in [1.807, 2.05) is 30.4 Å². The van der Waals surface area contributed by atoms with Crippen LogP contribution >= 0.6 is 11.3 Å². The van der Waals surface area contributed by atoms with E-state index in [0.29, 0.717) is 37.7 Å². The maximum atomic E-state index is 12.6. The van der Waals surface area contributed by atoms with Crippen LogP contribution in [0, 0.1) is 0 Å². The van der Waals surface area contributed by atoms with Gasteiger partial charge in [-0.2, -0.15) is 0 Å². The van der Waals surface area contributed by atoms with Crippen molar-refractivity contribution in [3.8, 4) is 5.75 Å². The third kappa shape index (κ3) is 14.8. The van der Waals surface area contributed by atoms with Gasteiger partial charge in [-0.3, -0.25) is 19.3 Å². The fraction of sp³-hybridized carbons (Fsp3) is 0.658. The van der Waals surface area contributed by atoms with Gasteiger partial charge < -0.3 is 15.4 Å². The van der Waals surface area contributed by atoms with Gasteiger partial charge in [-0.15, -0.1) is 11.3 Å². The van der Waals surface area contributed by atoms with Crippen LogP contribution in [0.15, 0.2) is 35.7 Å². The number of benzene rings is 1. The highest BCUT2D eigenvalue weighted by atomic mass is 32.1. The summed E-state index contributed by atoms with van der Waals surface area (Å²) in [6, 6.07) is 11.0. The van der Waals surface area contributed by atoms with Crippen LogP contribution in [0.2, 0.25) is 0 Å². The third-order valence-corrected chi connectivity index (χ3v) is 9.91. The van der Waals surface area contributed by atoms with Crippen LogP contribution in [0.3, 0.4) is 0 Å². The molecular weight excluding hydrogens is 595 g/mol. The zero-order valence-corrected chi connectivity index (χ0v) is 29.4. The summed E-state index contributed by atoms with van der Waals surface area (Å²) in [4.78, 5) is 40.4. The van der Waals surface area contributed by atoms with Crippen molar-refractivity contribution >= 4 is 29.1 Å². The Balaban J connectivity index is 1.23. The Morgan fingerprint density at radius 1 is 0.826 bits per heavy atom. The van der Waals surface area contributed by atoms with E-state index in [-0.39, 0.29) is 24.2 Å². The number of esters is 1. The molecule has 256 valence electrons. The van der Waals surface area contributed by atoms with Gasteiger partial charge >= 0.3 is 5.97 Å². The topological polar surface area (TPSA) is 87.7 Å². The molecule has 1 heterocycles. The van der Waals surface area contributed by atoms with Gasteiger partial charge in [0.25, 0.3) is 0 Å². The lowest BCUT2D eigenvalue weighted by molar-refractivity contribution is -0.134. The molecule has 2 aromatic rings. The number of carbonyl (C=O) groups is 3. The number of ether oxygens (including phenoxy) is 1. The largest absolute Gasteiger partial charge is 0.426 e. The highest BCUT2D eigenvalue weighted by molar-refractivity contribution is 7.09. The van der Waals surface area contributed by atoms with Crippen molar-refractivity contribution < 1.29 is 19.1 Å². The van der Waals surface area contributed by atoms with Gasteiger partial charge in [0.2, 0.25) is 11.8 Å². The van der Waals surface area contributed by atoms with Crippen molar-refractivity contribution in [1.29, 1.82) is 0 Å². The summed E-state index contributed by atoms with van der Waals surface area (Å²) >= 11 is 1.84. The van der Waals surface area contributed by atoms with E-state index in [1.165, 1.54) is 48.1 Å². The summed E-state index contributed by atoms with van der Waals surface area (Å²) in [5, 5.41) is 7.89. The molecule has 2 amide bonds. The molecule has 0 unspecified atom stereocenters. The molecule has 0 spiro atoms. The first-order valence-corrected chi connectivity index (χ1v) is 19.0. The Bertz CT molecular complexity index is 1150. The zero-order valence-electron chi connectivity index (χ0n) is 28.6. The molecule has 1 aromatic carbocycles. The smallest absolute Gasteiger partial charge is 0.312 e. The normalized spacial score (nSPS) is 14.2. The maximum Gasteiger partial charge on any atom is 0.312 e. The summed E-state index contributed by atoms with van der Waals surface area (Å²) in [6.45, 7) is 7.42. The van der Waals surface area contributed by atoms with Gasteiger partial charge in [-0.05, 0) is 87.1 Å². The molecule has 1 aliphatic carbocycles. The molecule has 46 heavy (non-hydrogen) atoms. The fourth-order valence-electron chi connectivity index (χ4n) is 6.47. The molecule has 1 atom stereocenters. The highest BCUT2D eigenvalue weighted by Crippen LogP contribution is 2.32. The third-order valence-electron chi connectivity index (χ3n) is 8.97. The van der Waals surface area contributed by atoms with E-state index in [9.17, 15) is 14.4 Å². The van der Waals surface area contributed by atoms with Gasteiger partial charge in [-0.25, -0.2) is 0 Å². The lowest BCUT2D eigenvalue weighted by Gasteiger charge is -2.35. The summed E-state index contributed by atoms with van der Waals surface area (Å²) in [6.07, 6.45) is 17.9. The number of unbranched alkanes of at least 4 members (excludes halogenated alkanes) is 9. The summed E-state index contributed by atoms with van der Waals surface area (Å²) in [5.41, 5.74) is 2.45. The number of nitrogens with zero attached hydrogens (tertiary/aromatic N) is 1. The molecule has 0 radical (unpaired) electrons. The van der Waals surface area contributed by atoms with Crippen molar-refractivity contribution in [2.24, 2.45) is 0 Å². The van der Waals surface area contributed by atoms with Crippen molar-refractivity contribution in [3.63, 3.8) is 0 Å². The van der Waals surface area contributed by atoms with Gasteiger partial charge in [0.05, 0.1) is 6.42 Å². The number of hydrogen-bond acceptors (Lipinski definition) is 6. The van der Waals surface area contributed by atoms with E-state index in [4.69, 9.17) is 4.74 Å². The molecule has 2 N–H and O–H groups in total.